The predicted molar refractivity (Wildman–Crippen MR) is 67.6 cm³/mol. The van der Waals surface area contributed by atoms with Crippen LogP contribution in [0, 0.1) is 19.8 Å². The molecule has 1 rings (SSSR count). The molecule has 0 radical (unpaired) electrons. The number of rotatable bonds is 3. The average molecular weight is 226 g/mol. The SMILES string of the molecule is CNC(c1cc(C)c(C)cc1Cl)C(C)C. The summed E-state index contributed by atoms with van der Waals surface area (Å²) in [5, 5.41) is 4.19. The molecule has 0 saturated heterocycles. The van der Waals surface area contributed by atoms with E-state index in [1.807, 2.05) is 7.05 Å². The third-order valence-electron chi connectivity index (χ3n) is 2.93. The first-order valence-corrected chi connectivity index (χ1v) is 5.79. The molecule has 0 aliphatic heterocycles. The molecule has 0 spiro atoms. The highest BCUT2D eigenvalue weighted by Crippen LogP contribution is 2.30. The van der Waals surface area contributed by atoms with Gasteiger partial charge in [-0.05, 0) is 49.6 Å². The predicted octanol–water partition coefficient (Wildman–Crippen LogP) is 3.87. The van der Waals surface area contributed by atoms with E-state index in [9.17, 15) is 0 Å². The van der Waals surface area contributed by atoms with Crippen LogP contribution in [0.4, 0.5) is 0 Å². The minimum Gasteiger partial charge on any atom is -0.313 e. The lowest BCUT2D eigenvalue weighted by Crippen LogP contribution is -2.22. The third-order valence-corrected chi connectivity index (χ3v) is 3.25. The minimum absolute atomic E-state index is 0.330. The van der Waals surface area contributed by atoms with Gasteiger partial charge in [-0.1, -0.05) is 31.5 Å². The highest BCUT2D eigenvalue weighted by molar-refractivity contribution is 6.31. The first-order valence-electron chi connectivity index (χ1n) is 5.41. The molecule has 15 heavy (non-hydrogen) atoms. The number of benzene rings is 1. The second kappa shape index (κ2) is 5.00. The molecule has 1 N–H and O–H groups in total. The summed E-state index contributed by atoms with van der Waals surface area (Å²) in [5.74, 6) is 0.537. The largest absolute Gasteiger partial charge is 0.313 e. The highest BCUT2D eigenvalue weighted by atomic mass is 35.5. The Balaban J connectivity index is 3.18. The van der Waals surface area contributed by atoms with Crippen molar-refractivity contribution in [2.45, 2.75) is 33.7 Å². The smallest absolute Gasteiger partial charge is 0.0456 e. The Hall–Kier alpha value is -0.530. The van der Waals surface area contributed by atoms with Crippen LogP contribution in [0.1, 0.15) is 36.6 Å². The first-order chi connectivity index (χ1) is 6.97. The molecular formula is C13H20ClN. The van der Waals surface area contributed by atoms with Crippen molar-refractivity contribution in [2.24, 2.45) is 5.92 Å². The van der Waals surface area contributed by atoms with Crippen molar-refractivity contribution < 1.29 is 0 Å². The van der Waals surface area contributed by atoms with Crippen LogP contribution in [0.3, 0.4) is 0 Å². The number of hydrogen-bond donors (Lipinski definition) is 1. The highest BCUT2D eigenvalue weighted by Gasteiger charge is 2.17. The zero-order valence-corrected chi connectivity index (χ0v) is 10.9. The molecule has 1 aromatic rings. The van der Waals surface area contributed by atoms with Crippen LogP contribution in [-0.4, -0.2) is 7.05 Å². The molecule has 0 aromatic heterocycles. The normalized spacial score (nSPS) is 13.3. The van der Waals surface area contributed by atoms with E-state index in [2.05, 4.69) is 45.1 Å². The molecule has 1 unspecified atom stereocenters. The number of hydrogen-bond acceptors (Lipinski definition) is 1. The maximum Gasteiger partial charge on any atom is 0.0456 e. The van der Waals surface area contributed by atoms with E-state index in [4.69, 9.17) is 11.6 Å². The van der Waals surface area contributed by atoms with Gasteiger partial charge >= 0.3 is 0 Å². The molecule has 1 nitrogen and oxygen atoms in total. The summed E-state index contributed by atoms with van der Waals surface area (Å²) in [7, 11) is 1.98. The van der Waals surface area contributed by atoms with Gasteiger partial charge in [-0.3, -0.25) is 0 Å². The van der Waals surface area contributed by atoms with Gasteiger partial charge in [0, 0.05) is 11.1 Å². The van der Waals surface area contributed by atoms with Gasteiger partial charge in [0.05, 0.1) is 0 Å². The summed E-state index contributed by atoms with van der Waals surface area (Å²) in [6.07, 6.45) is 0. The minimum atomic E-state index is 0.330. The Labute approximate surface area is 97.8 Å². The Kier molecular flexibility index (Phi) is 4.18. The van der Waals surface area contributed by atoms with Crippen LogP contribution >= 0.6 is 11.6 Å². The Morgan fingerprint density at radius 1 is 1.13 bits per heavy atom. The quantitative estimate of drug-likeness (QED) is 0.824. The van der Waals surface area contributed by atoms with Gasteiger partial charge in [0.15, 0.2) is 0 Å². The Morgan fingerprint density at radius 2 is 1.67 bits per heavy atom. The monoisotopic (exact) mass is 225 g/mol. The van der Waals surface area contributed by atoms with E-state index in [1.165, 1.54) is 16.7 Å². The molecule has 0 aliphatic carbocycles. The lowest BCUT2D eigenvalue weighted by molar-refractivity contribution is 0.443. The average Bonchev–Trinajstić information content (AvgIpc) is 2.14. The van der Waals surface area contributed by atoms with Crippen molar-refractivity contribution >= 4 is 11.6 Å². The van der Waals surface area contributed by atoms with Gasteiger partial charge in [0.1, 0.15) is 0 Å². The topological polar surface area (TPSA) is 12.0 Å². The number of nitrogens with one attached hydrogen (secondary N) is 1. The molecule has 0 bridgehead atoms. The van der Waals surface area contributed by atoms with Gasteiger partial charge in [-0.2, -0.15) is 0 Å². The van der Waals surface area contributed by atoms with Crippen LogP contribution in [0.15, 0.2) is 12.1 Å². The van der Waals surface area contributed by atoms with Crippen molar-refractivity contribution in [3.05, 3.63) is 33.8 Å². The van der Waals surface area contributed by atoms with Crippen LogP contribution in [0.5, 0.6) is 0 Å². The third kappa shape index (κ3) is 2.73. The van der Waals surface area contributed by atoms with Gasteiger partial charge in [-0.15, -0.1) is 0 Å². The maximum atomic E-state index is 6.28. The van der Waals surface area contributed by atoms with E-state index < -0.39 is 0 Å². The van der Waals surface area contributed by atoms with Crippen molar-refractivity contribution in [1.29, 1.82) is 0 Å². The summed E-state index contributed by atoms with van der Waals surface area (Å²) in [6, 6.07) is 4.58. The summed E-state index contributed by atoms with van der Waals surface area (Å²) >= 11 is 6.28. The summed E-state index contributed by atoms with van der Waals surface area (Å²) in [5.41, 5.74) is 3.76. The van der Waals surface area contributed by atoms with Crippen LogP contribution < -0.4 is 5.32 Å². The number of aryl methyl sites for hydroxylation is 2. The number of halogens is 1. The van der Waals surface area contributed by atoms with Crippen molar-refractivity contribution in [3.63, 3.8) is 0 Å². The maximum absolute atomic E-state index is 6.28. The molecule has 0 aliphatic rings. The van der Waals surface area contributed by atoms with Gasteiger partial charge in [0.2, 0.25) is 0 Å². The summed E-state index contributed by atoms with van der Waals surface area (Å²) in [6.45, 7) is 8.62. The lowest BCUT2D eigenvalue weighted by atomic mass is 9.93. The molecule has 1 atom stereocenters. The molecule has 84 valence electrons. The second-order valence-corrected chi connectivity index (χ2v) is 4.88. The van der Waals surface area contributed by atoms with E-state index in [0.717, 1.165) is 5.02 Å². The van der Waals surface area contributed by atoms with Gasteiger partial charge < -0.3 is 5.32 Å². The Bertz CT molecular complexity index is 345. The zero-order chi connectivity index (χ0) is 11.6. The fourth-order valence-electron chi connectivity index (χ4n) is 1.89. The van der Waals surface area contributed by atoms with Crippen molar-refractivity contribution in [1.82, 2.24) is 5.32 Å². The standard InChI is InChI=1S/C13H20ClN/c1-8(2)13(15-5)11-6-9(3)10(4)7-12(11)14/h6-8,13,15H,1-5H3. The molecular weight excluding hydrogens is 206 g/mol. The summed E-state index contributed by atoms with van der Waals surface area (Å²) < 4.78 is 0. The molecule has 1 aromatic carbocycles. The fourth-order valence-corrected chi connectivity index (χ4v) is 2.23. The van der Waals surface area contributed by atoms with Crippen LogP contribution in [-0.2, 0) is 0 Å². The lowest BCUT2D eigenvalue weighted by Gasteiger charge is -2.22. The van der Waals surface area contributed by atoms with E-state index in [1.54, 1.807) is 0 Å². The fraction of sp³-hybridized carbons (Fsp3) is 0.538. The Morgan fingerprint density at radius 3 is 2.13 bits per heavy atom. The van der Waals surface area contributed by atoms with Crippen molar-refractivity contribution in [3.8, 4) is 0 Å². The molecule has 0 fully saturated rings. The van der Waals surface area contributed by atoms with E-state index in [0.29, 0.717) is 12.0 Å². The molecule has 0 heterocycles. The van der Waals surface area contributed by atoms with E-state index >= 15 is 0 Å². The molecule has 0 amide bonds. The second-order valence-electron chi connectivity index (χ2n) is 4.47. The van der Waals surface area contributed by atoms with E-state index in [-0.39, 0.29) is 0 Å². The van der Waals surface area contributed by atoms with Gasteiger partial charge in [0.25, 0.3) is 0 Å². The van der Waals surface area contributed by atoms with Gasteiger partial charge in [-0.25, -0.2) is 0 Å². The first kappa shape index (κ1) is 12.5. The molecule has 2 heteroatoms. The zero-order valence-electron chi connectivity index (χ0n) is 10.2. The summed E-state index contributed by atoms with van der Waals surface area (Å²) in [4.78, 5) is 0. The van der Waals surface area contributed by atoms with Crippen molar-refractivity contribution in [2.75, 3.05) is 7.05 Å². The van der Waals surface area contributed by atoms with Crippen LogP contribution in [0.25, 0.3) is 0 Å². The molecule has 0 saturated carbocycles. The van der Waals surface area contributed by atoms with Crippen LogP contribution in [0.2, 0.25) is 5.02 Å².